The molecule has 2 unspecified atom stereocenters. The van der Waals surface area contributed by atoms with Gasteiger partial charge in [-0.15, -0.1) is 16.4 Å². The highest BCUT2D eigenvalue weighted by molar-refractivity contribution is 7.39. The zero-order chi connectivity index (χ0) is 12.7. The van der Waals surface area contributed by atoms with Gasteiger partial charge in [0.2, 0.25) is 0 Å². The van der Waals surface area contributed by atoms with E-state index >= 15 is 0 Å². The summed E-state index contributed by atoms with van der Waals surface area (Å²) in [6, 6.07) is 22.3. The van der Waals surface area contributed by atoms with Crippen molar-refractivity contribution in [2.24, 2.45) is 0 Å². The molecule has 0 saturated heterocycles. The van der Waals surface area contributed by atoms with Gasteiger partial charge in [0.25, 0.3) is 0 Å². The lowest BCUT2D eigenvalue weighted by molar-refractivity contribution is 1.31. The molecule has 0 radical (unpaired) electrons. The van der Waals surface area contributed by atoms with Crippen LogP contribution in [-0.2, 0) is 6.42 Å². The van der Waals surface area contributed by atoms with E-state index in [-0.39, 0.29) is 0 Å². The van der Waals surface area contributed by atoms with Crippen LogP contribution in [0.4, 0.5) is 0 Å². The standard InChI is InChI=1S/C17H14P2/c1-3-7-16-12(5-1)9-14(18-16)11-15-10-13-6-2-4-8-17(13)19-15/h1-10,18-19H,11H2. The van der Waals surface area contributed by atoms with Gasteiger partial charge >= 0.3 is 0 Å². The second-order valence-electron chi connectivity index (χ2n) is 4.94. The number of fused-ring (bicyclic) bond motifs is 2. The predicted octanol–water partition coefficient (Wildman–Crippen LogP) is 5.65. The van der Waals surface area contributed by atoms with E-state index in [9.17, 15) is 0 Å². The van der Waals surface area contributed by atoms with Crippen molar-refractivity contribution in [3.8, 4) is 0 Å². The zero-order valence-corrected chi connectivity index (χ0v) is 12.5. The molecule has 2 heteroatoms. The molecule has 2 aromatic heterocycles. The van der Waals surface area contributed by atoms with Gasteiger partial charge in [0, 0.05) is 6.42 Å². The van der Waals surface area contributed by atoms with Crippen molar-refractivity contribution in [1.29, 1.82) is 0 Å². The molecule has 0 spiro atoms. The quantitative estimate of drug-likeness (QED) is 0.445. The van der Waals surface area contributed by atoms with Crippen LogP contribution in [0.25, 0.3) is 21.0 Å². The monoisotopic (exact) mass is 280 g/mol. The number of benzene rings is 2. The second kappa shape index (κ2) is 4.57. The lowest BCUT2D eigenvalue weighted by atomic mass is 10.2. The Labute approximate surface area is 115 Å². The molecule has 0 bridgehead atoms. The van der Waals surface area contributed by atoms with E-state index in [4.69, 9.17) is 0 Å². The molecule has 2 atom stereocenters. The fraction of sp³-hybridized carbons (Fsp3) is 0.0588. The number of hydrogen-bond acceptors (Lipinski definition) is 0. The van der Waals surface area contributed by atoms with Gasteiger partial charge in [-0.05, 0) is 43.7 Å². The predicted molar refractivity (Wildman–Crippen MR) is 89.7 cm³/mol. The highest BCUT2D eigenvalue weighted by Crippen LogP contribution is 2.36. The minimum atomic E-state index is 0.869. The van der Waals surface area contributed by atoms with Gasteiger partial charge in [-0.2, -0.15) is 0 Å². The molecule has 0 amide bonds. The molecule has 2 heterocycles. The Morgan fingerprint density at radius 1 is 0.632 bits per heavy atom. The van der Waals surface area contributed by atoms with E-state index in [1.807, 2.05) is 0 Å². The van der Waals surface area contributed by atoms with Crippen LogP contribution >= 0.6 is 16.4 Å². The third-order valence-corrected chi connectivity index (χ3v) is 6.29. The first kappa shape index (κ1) is 11.4. The molecule has 0 nitrogen and oxygen atoms in total. The zero-order valence-electron chi connectivity index (χ0n) is 10.5. The van der Waals surface area contributed by atoms with Gasteiger partial charge in [0.15, 0.2) is 0 Å². The van der Waals surface area contributed by atoms with Crippen molar-refractivity contribution in [3.05, 3.63) is 71.3 Å². The molecule has 4 rings (SSSR count). The Kier molecular flexibility index (Phi) is 2.73. The maximum atomic E-state index is 2.39. The average molecular weight is 280 g/mol. The number of hydrogen-bond donors (Lipinski definition) is 0. The molecule has 0 aliphatic carbocycles. The summed E-state index contributed by atoms with van der Waals surface area (Å²) in [4.78, 5) is 0. The Morgan fingerprint density at radius 3 is 1.58 bits per heavy atom. The fourth-order valence-corrected chi connectivity index (χ4v) is 5.50. The van der Waals surface area contributed by atoms with Crippen molar-refractivity contribution in [3.63, 3.8) is 0 Å². The molecule has 0 N–H and O–H groups in total. The summed E-state index contributed by atoms with van der Waals surface area (Å²) in [6.07, 6.45) is 1.15. The lowest BCUT2D eigenvalue weighted by Gasteiger charge is -1.92. The molecule has 0 aliphatic rings. The van der Waals surface area contributed by atoms with E-state index < -0.39 is 0 Å². The summed E-state index contributed by atoms with van der Waals surface area (Å²) < 4.78 is 0. The summed E-state index contributed by atoms with van der Waals surface area (Å²) in [7, 11) is 1.74. The first-order valence-corrected chi connectivity index (χ1v) is 8.52. The number of rotatable bonds is 2. The summed E-state index contributed by atoms with van der Waals surface area (Å²) in [5.41, 5.74) is 0. The van der Waals surface area contributed by atoms with Crippen molar-refractivity contribution in [1.82, 2.24) is 0 Å². The molecule has 2 aromatic carbocycles. The molecule has 4 aromatic rings. The topological polar surface area (TPSA) is 0 Å². The minimum absolute atomic E-state index is 0.869. The SMILES string of the molecule is c1ccc2[pH]c(Cc3cc4ccccc4[pH]3)cc2c1. The molecular weight excluding hydrogens is 266 g/mol. The van der Waals surface area contributed by atoms with Gasteiger partial charge in [0.1, 0.15) is 0 Å². The largest absolute Gasteiger partial charge is 0.128 e. The van der Waals surface area contributed by atoms with Crippen molar-refractivity contribution in [2.75, 3.05) is 0 Å². The van der Waals surface area contributed by atoms with Gasteiger partial charge in [0.05, 0.1) is 0 Å². The normalized spacial score (nSPS) is 12.2. The third-order valence-electron chi connectivity index (χ3n) is 3.55. The van der Waals surface area contributed by atoms with Crippen LogP contribution in [0.15, 0.2) is 60.7 Å². The highest BCUT2D eigenvalue weighted by Gasteiger charge is 2.04. The Morgan fingerprint density at radius 2 is 1.11 bits per heavy atom. The van der Waals surface area contributed by atoms with Crippen LogP contribution in [0.2, 0.25) is 0 Å². The molecule has 19 heavy (non-hydrogen) atoms. The Bertz CT molecular complexity index is 714. The second-order valence-corrected chi connectivity index (χ2v) is 7.80. The first-order valence-electron chi connectivity index (χ1n) is 6.52. The van der Waals surface area contributed by atoms with Crippen LogP contribution in [0.5, 0.6) is 0 Å². The van der Waals surface area contributed by atoms with Crippen LogP contribution < -0.4 is 0 Å². The molecule has 0 aliphatic heterocycles. The van der Waals surface area contributed by atoms with Crippen molar-refractivity contribution < 1.29 is 0 Å². The van der Waals surface area contributed by atoms with E-state index in [1.165, 1.54) is 21.0 Å². The van der Waals surface area contributed by atoms with Crippen molar-refractivity contribution in [2.45, 2.75) is 6.42 Å². The maximum Gasteiger partial charge on any atom is 0.00453 e. The highest BCUT2D eigenvalue weighted by atomic mass is 31.0. The smallest absolute Gasteiger partial charge is 0.00453 e. The van der Waals surface area contributed by atoms with Gasteiger partial charge in [-0.3, -0.25) is 0 Å². The molecule has 0 saturated carbocycles. The van der Waals surface area contributed by atoms with Crippen LogP contribution in [-0.4, -0.2) is 0 Å². The molecular formula is C17H14P2. The van der Waals surface area contributed by atoms with E-state index in [1.54, 1.807) is 10.6 Å². The van der Waals surface area contributed by atoms with E-state index in [0.29, 0.717) is 0 Å². The third kappa shape index (κ3) is 2.12. The first-order chi connectivity index (χ1) is 9.38. The summed E-state index contributed by atoms with van der Waals surface area (Å²) in [5.74, 6) is 0. The van der Waals surface area contributed by atoms with E-state index in [2.05, 4.69) is 60.7 Å². The summed E-state index contributed by atoms with van der Waals surface area (Å²) in [6.45, 7) is 0. The van der Waals surface area contributed by atoms with Crippen LogP contribution in [0.3, 0.4) is 0 Å². The van der Waals surface area contributed by atoms with Gasteiger partial charge in [-0.25, -0.2) is 0 Å². The van der Waals surface area contributed by atoms with Gasteiger partial charge in [-0.1, -0.05) is 48.5 Å². The minimum Gasteiger partial charge on any atom is -0.128 e. The van der Waals surface area contributed by atoms with Gasteiger partial charge < -0.3 is 0 Å². The lowest BCUT2D eigenvalue weighted by Crippen LogP contribution is -1.75. The molecule has 0 fully saturated rings. The van der Waals surface area contributed by atoms with Crippen LogP contribution in [0.1, 0.15) is 10.6 Å². The fourth-order valence-electron chi connectivity index (χ4n) is 2.66. The Balaban J connectivity index is 1.73. The molecule has 92 valence electrons. The van der Waals surface area contributed by atoms with Crippen LogP contribution in [0, 0.1) is 0 Å². The summed E-state index contributed by atoms with van der Waals surface area (Å²) in [5, 5.41) is 9.06. The maximum absolute atomic E-state index is 2.39. The van der Waals surface area contributed by atoms with E-state index in [0.717, 1.165) is 22.8 Å². The van der Waals surface area contributed by atoms with Crippen molar-refractivity contribution >= 4 is 37.4 Å². The average Bonchev–Trinajstić information content (AvgIpc) is 3.00. The summed E-state index contributed by atoms with van der Waals surface area (Å²) >= 11 is 0. The Hall–Kier alpha value is -1.48.